The molecule has 0 bridgehead atoms. The molecular formula is C14H21N3OS2. The second kappa shape index (κ2) is 6.80. The lowest BCUT2D eigenvalue weighted by Crippen LogP contribution is -2.39. The molecule has 1 aliphatic carbocycles. The van der Waals surface area contributed by atoms with E-state index in [2.05, 4.69) is 10.3 Å². The first-order valence-electron chi connectivity index (χ1n) is 7.38. The molecule has 0 radical (unpaired) electrons. The normalized spacial score (nSPS) is 24.9. The van der Waals surface area contributed by atoms with Gasteiger partial charge in [-0.15, -0.1) is 11.3 Å². The highest BCUT2D eigenvalue weighted by molar-refractivity contribution is 8.00. The number of rotatable bonds is 5. The van der Waals surface area contributed by atoms with E-state index in [1.807, 2.05) is 16.5 Å². The Hall–Kier alpha value is -0.750. The van der Waals surface area contributed by atoms with Gasteiger partial charge in [-0.2, -0.15) is 0 Å². The highest BCUT2D eigenvalue weighted by Crippen LogP contribution is 2.37. The van der Waals surface area contributed by atoms with Crippen LogP contribution in [0.25, 0.3) is 0 Å². The van der Waals surface area contributed by atoms with Crippen LogP contribution >= 0.6 is 23.1 Å². The Morgan fingerprint density at radius 1 is 1.45 bits per heavy atom. The number of thioether (sulfide) groups is 1. The number of carbonyl (C=O) groups excluding carboxylic acids is 1. The van der Waals surface area contributed by atoms with Gasteiger partial charge < -0.3 is 10.2 Å². The summed E-state index contributed by atoms with van der Waals surface area (Å²) >= 11 is 3.44. The monoisotopic (exact) mass is 311 g/mol. The molecule has 3 rings (SSSR count). The Balaban J connectivity index is 1.30. The fourth-order valence-electron chi connectivity index (χ4n) is 3.22. The Kier molecular flexibility index (Phi) is 4.83. The molecular weight excluding hydrogens is 290 g/mol. The van der Waals surface area contributed by atoms with Gasteiger partial charge in [-0.25, -0.2) is 9.78 Å². The molecule has 1 N–H and O–H groups in total. The largest absolute Gasteiger partial charge is 0.338 e. The van der Waals surface area contributed by atoms with Crippen LogP contribution in [0.15, 0.2) is 15.9 Å². The van der Waals surface area contributed by atoms with Gasteiger partial charge in [0.2, 0.25) is 0 Å². The van der Waals surface area contributed by atoms with Gasteiger partial charge in [0.1, 0.15) is 4.34 Å². The Morgan fingerprint density at radius 2 is 2.25 bits per heavy atom. The minimum absolute atomic E-state index is 0.138. The summed E-state index contributed by atoms with van der Waals surface area (Å²) in [5.74, 6) is 2.57. The van der Waals surface area contributed by atoms with Crippen molar-refractivity contribution in [2.24, 2.45) is 11.8 Å². The minimum atomic E-state index is 0.138. The summed E-state index contributed by atoms with van der Waals surface area (Å²) in [6.45, 7) is 2.72. The van der Waals surface area contributed by atoms with Crippen molar-refractivity contribution in [1.29, 1.82) is 0 Å². The molecule has 4 nitrogen and oxygen atoms in total. The topological polar surface area (TPSA) is 45.2 Å². The quantitative estimate of drug-likeness (QED) is 0.671. The minimum Gasteiger partial charge on any atom is -0.338 e. The molecule has 1 aliphatic heterocycles. The first kappa shape index (κ1) is 14.2. The number of nitrogens with one attached hydrogen (secondary N) is 1. The molecule has 0 unspecified atom stereocenters. The van der Waals surface area contributed by atoms with Crippen LogP contribution in [0.4, 0.5) is 4.79 Å². The second-order valence-electron chi connectivity index (χ2n) is 5.59. The fourth-order valence-corrected chi connectivity index (χ4v) is 4.87. The van der Waals surface area contributed by atoms with Crippen LogP contribution in [0.1, 0.15) is 25.7 Å². The number of thiazole rings is 1. The smallest absolute Gasteiger partial charge is 0.317 e. The molecule has 0 spiro atoms. The van der Waals surface area contributed by atoms with Gasteiger partial charge in [0.15, 0.2) is 0 Å². The number of urea groups is 1. The highest BCUT2D eigenvalue weighted by atomic mass is 32.2. The van der Waals surface area contributed by atoms with Crippen LogP contribution in [0, 0.1) is 11.8 Å². The highest BCUT2D eigenvalue weighted by Gasteiger charge is 2.37. The van der Waals surface area contributed by atoms with E-state index in [1.165, 1.54) is 19.3 Å². The standard InChI is InChI=1S/C14H21N3OS2/c18-13(17-9-11-3-1-4-12(11)10-17)15-5-2-7-19-14-16-6-8-20-14/h6,8,11-12H,1-5,7,9-10H2,(H,15,18)/t11-,12+. The number of hydrogen-bond acceptors (Lipinski definition) is 4. The van der Waals surface area contributed by atoms with Crippen molar-refractivity contribution >= 4 is 29.1 Å². The maximum Gasteiger partial charge on any atom is 0.317 e. The van der Waals surface area contributed by atoms with Crippen molar-refractivity contribution in [3.8, 4) is 0 Å². The molecule has 1 aromatic heterocycles. The van der Waals surface area contributed by atoms with Crippen LogP contribution in [-0.2, 0) is 0 Å². The first-order valence-corrected chi connectivity index (χ1v) is 9.24. The number of amides is 2. The molecule has 20 heavy (non-hydrogen) atoms. The van der Waals surface area contributed by atoms with Gasteiger partial charge in [-0.1, -0.05) is 18.2 Å². The number of nitrogens with zero attached hydrogens (tertiary/aromatic N) is 2. The van der Waals surface area contributed by atoms with E-state index in [-0.39, 0.29) is 6.03 Å². The van der Waals surface area contributed by atoms with Crippen molar-refractivity contribution in [1.82, 2.24) is 15.2 Å². The Bertz CT molecular complexity index is 426. The zero-order valence-corrected chi connectivity index (χ0v) is 13.2. The summed E-state index contributed by atoms with van der Waals surface area (Å²) in [6.07, 6.45) is 6.83. The Morgan fingerprint density at radius 3 is 2.95 bits per heavy atom. The molecule has 2 atom stereocenters. The van der Waals surface area contributed by atoms with Crippen molar-refractivity contribution in [2.45, 2.75) is 30.0 Å². The summed E-state index contributed by atoms with van der Waals surface area (Å²) in [4.78, 5) is 18.3. The summed E-state index contributed by atoms with van der Waals surface area (Å²) < 4.78 is 1.11. The lowest BCUT2D eigenvalue weighted by atomic mass is 10.0. The lowest BCUT2D eigenvalue weighted by Gasteiger charge is -2.17. The predicted molar refractivity (Wildman–Crippen MR) is 83.3 cm³/mol. The van der Waals surface area contributed by atoms with Crippen LogP contribution in [0.5, 0.6) is 0 Å². The van der Waals surface area contributed by atoms with Gasteiger partial charge in [0.25, 0.3) is 0 Å². The molecule has 110 valence electrons. The van der Waals surface area contributed by atoms with E-state index in [9.17, 15) is 4.79 Å². The van der Waals surface area contributed by atoms with Gasteiger partial charge >= 0.3 is 6.03 Å². The number of fused-ring (bicyclic) bond motifs is 1. The van der Waals surface area contributed by atoms with Crippen molar-refractivity contribution in [2.75, 3.05) is 25.4 Å². The maximum absolute atomic E-state index is 12.1. The molecule has 6 heteroatoms. The number of carbonyl (C=O) groups is 1. The third-order valence-electron chi connectivity index (χ3n) is 4.25. The van der Waals surface area contributed by atoms with E-state index in [0.29, 0.717) is 0 Å². The van der Waals surface area contributed by atoms with Crippen molar-refractivity contribution in [3.63, 3.8) is 0 Å². The average molecular weight is 311 g/mol. The molecule has 2 amide bonds. The van der Waals surface area contributed by atoms with Gasteiger partial charge in [0, 0.05) is 37.0 Å². The first-order chi connectivity index (χ1) is 9.83. The van der Waals surface area contributed by atoms with Crippen LogP contribution < -0.4 is 5.32 Å². The van der Waals surface area contributed by atoms with E-state index in [1.54, 1.807) is 23.1 Å². The molecule has 2 aliphatic rings. The SMILES string of the molecule is O=C(NCCCSc1nccs1)N1C[C@H]2CCC[C@H]2C1. The molecule has 1 saturated heterocycles. The zero-order valence-electron chi connectivity index (χ0n) is 11.6. The number of hydrogen-bond donors (Lipinski definition) is 1. The zero-order chi connectivity index (χ0) is 13.8. The molecule has 1 aromatic rings. The van der Waals surface area contributed by atoms with Crippen molar-refractivity contribution < 1.29 is 4.79 Å². The number of aromatic nitrogens is 1. The average Bonchev–Trinajstić information content (AvgIpc) is 3.14. The van der Waals surface area contributed by atoms with Gasteiger partial charge in [0.05, 0.1) is 0 Å². The Labute approximate surface area is 128 Å². The summed E-state index contributed by atoms with van der Waals surface area (Å²) in [7, 11) is 0. The van der Waals surface area contributed by atoms with Crippen molar-refractivity contribution in [3.05, 3.63) is 11.6 Å². The van der Waals surface area contributed by atoms with E-state index in [0.717, 1.165) is 48.0 Å². The molecule has 1 saturated carbocycles. The maximum atomic E-state index is 12.1. The van der Waals surface area contributed by atoms with Crippen LogP contribution in [0.3, 0.4) is 0 Å². The summed E-state index contributed by atoms with van der Waals surface area (Å²) in [5.41, 5.74) is 0. The molecule has 2 heterocycles. The van der Waals surface area contributed by atoms with E-state index >= 15 is 0 Å². The van der Waals surface area contributed by atoms with Gasteiger partial charge in [-0.05, 0) is 31.1 Å². The third kappa shape index (κ3) is 3.47. The van der Waals surface area contributed by atoms with Crippen LogP contribution in [-0.4, -0.2) is 41.3 Å². The van der Waals surface area contributed by atoms with Crippen LogP contribution in [0.2, 0.25) is 0 Å². The summed E-state index contributed by atoms with van der Waals surface area (Å²) in [5, 5.41) is 5.05. The van der Waals surface area contributed by atoms with Gasteiger partial charge in [-0.3, -0.25) is 0 Å². The number of likely N-dealkylation sites (tertiary alicyclic amines) is 1. The predicted octanol–water partition coefficient (Wildman–Crippen LogP) is 3.07. The summed E-state index contributed by atoms with van der Waals surface area (Å²) in [6, 6.07) is 0.138. The van der Waals surface area contributed by atoms with E-state index < -0.39 is 0 Å². The van der Waals surface area contributed by atoms with E-state index in [4.69, 9.17) is 0 Å². The lowest BCUT2D eigenvalue weighted by molar-refractivity contribution is 0.205. The third-order valence-corrected chi connectivity index (χ3v) is 6.30. The molecule has 0 aromatic carbocycles. The second-order valence-corrected chi connectivity index (χ2v) is 7.82. The fraction of sp³-hybridized carbons (Fsp3) is 0.714. The molecule has 2 fully saturated rings.